The maximum atomic E-state index is 12.5. The summed E-state index contributed by atoms with van der Waals surface area (Å²) in [5.74, 6) is -2.72. The molecule has 0 fully saturated rings. The number of hydrogen-bond acceptors (Lipinski definition) is 8. The van der Waals surface area contributed by atoms with Crippen LogP contribution in [0.4, 0.5) is 0 Å². The largest absolute Gasteiger partial charge is 0.507 e. The summed E-state index contributed by atoms with van der Waals surface area (Å²) in [6.07, 6.45) is -3.27. The number of rotatable bonds is 0. The van der Waals surface area contributed by atoms with Crippen molar-refractivity contribution in [2.24, 2.45) is 0 Å². The van der Waals surface area contributed by atoms with Gasteiger partial charge in [0.2, 0.25) is 0 Å². The summed E-state index contributed by atoms with van der Waals surface area (Å²) < 4.78 is 5.19. The average molecular weight is 401 g/mol. The molecule has 27 heavy (non-hydrogen) atoms. The number of aliphatic hydroxyl groups excluding tert-OH is 3. The molecule has 4 atom stereocenters. The van der Waals surface area contributed by atoms with E-state index in [2.05, 4.69) is 0 Å². The van der Waals surface area contributed by atoms with E-state index in [1.807, 2.05) is 0 Å². The smallest absolute Gasteiger partial charge is 0.342 e. The van der Waals surface area contributed by atoms with Crippen molar-refractivity contribution in [2.75, 3.05) is 0 Å². The Morgan fingerprint density at radius 2 is 1.78 bits per heavy atom. The molecule has 5 N–H and O–H groups in total. The van der Waals surface area contributed by atoms with Crippen LogP contribution < -0.4 is 0 Å². The second-order valence-electron chi connectivity index (χ2n) is 6.46. The zero-order valence-electron chi connectivity index (χ0n) is 14.5. The highest BCUT2D eigenvalue weighted by Gasteiger charge is 2.28. The lowest BCUT2D eigenvalue weighted by atomic mass is 9.96. The van der Waals surface area contributed by atoms with Crippen LogP contribution in [0.25, 0.3) is 0 Å². The molecule has 4 unspecified atom stereocenters. The number of fused-ring (bicyclic) bond motifs is 1. The molecule has 8 nitrogen and oxygen atoms in total. The van der Waals surface area contributed by atoms with Gasteiger partial charge in [-0.3, -0.25) is 4.79 Å². The molecule has 0 aliphatic carbocycles. The van der Waals surface area contributed by atoms with Crippen LogP contribution >= 0.6 is 11.6 Å². The van der Waals surface area contributed by atoms with Crippen LogP contribution in [0.3, 0.4) is 0 Å². The van der Waals surface area contributed by atoms with Crippen LogP contribution in [0.15, 0.2) is 18.2 Å². The molecular formula is C18H21ClO8. The molecule has 1 aliphatic rings. The van der Waals surface area contributed by atoms with Crippen molar-refractivity contribution in [3.8, 4) is 11.5 Å². The van der Waals surface area contributed by atoms with Gasteiger partial charge in [-0.1, -0.05) is 23.8 Å². The number of Topliss-reactive ketones (excluding diaryl/α,β-unsaturated/α-hetero) is 1. The van der Waals surface area contributed by atoms with Crippen molar-refractivity contribution >= 4 is 23.4 Å². The molecule has 1 heterocycles. The molecule has 148 valence electrons. The second kappa shape index (κ2) is 8.71. The molecule has 0 saturated carbocycles. The van der Waals surface area contributed by atoms with Crippen LogP contribution in [0.5, 0.6) is 11.5 Å². The first-order valence-corrected chi connectivity index (χ1v) is 8.66. The van der Waals surface area contributed by atoms with Crippen LogP contribution in [-0.4, -0.2) is 61.7 Å². The third kappa shape index (κ3) is 5.20. The first-order chi connectivity index (χ1) is 12.6. The number of phenolic OH excluding ortho intramolecular Hbond substituents is 2. The van der Waals surface area contributed by atoms with Crippen molar-refractivity contribution in [3.05, 3.63) is 34.4 Å². The van der Waals surface area contributed by atoms with Crippen molar-refractivity contribution < 1.29 is 39.9 Å². The van der Waals surface area contributed by atoms with Crippen LogP contribution in [0, 0.1) is 0 Å². The van der Waals surface area contributed by atoms with E-state index in [-0.39, 0.29) is 22.6 Å². The number of carbonyl (C=O) groups is 2. The van der Waals surface area contributed by atoms with E-state index in [9.17, 15) is 35.1 Å². The number of hydrogen-bond donors (Lipinski definition) is 5. The van der Waals surface area contributed by atoms with Gasteiger partial charge in [0.25, 0.3) is 0 Å². The Kier molecular flexibility index (Phi) is 6.83. The number of carbonyl (C=O) groups excluding carboxylic acids is 2. The number of cyclic esters (lactones) is 1. The third-order valence-electron chi connectivity index (χ3n) is 4.14. The monoisotopic (exact) mass is 400 g/mol. The summed E-state index contributed by atoms with van der Waals surface area (Å²) >= 11 is 6.01. The normalized spacial score (nSPS) is 27.6. The van der Waals surface area contributed by atoms with E-state index >= 15 is 0 Å². The van der Waals surface area contributed by atoms with Gasteiger partial charge in [0.15, 0.2) is 0 Å². The summed E-state index contributed by atoms with van der Waals surface area (Å²) in [7, 11) is 0. The molecule has 1 aliphatic heterocycles. The molecule has 0 bridgehead atoms. The third-order valence-corrected chi connectivity index (χ3v) is 4.56. The van der Waals surface area contributed by atoms with E-state index in [1.165, 1.54) is 13.0 Å². The highest BCUT2D eigenvalue weighted by atomic mass is 35.5. The number of aromatic hydroxyl groups is 2. The van der Waals surface area contributed by atoms with E-state index in [0.29, 0.717) is 0 Å². The lowest BCUT2D eigenvalue weighted by molar-refractivity contribution is -0.121. The molecule has 9 heteroatoms. The van der Waals surface area contributed by atoms with E-state index in [4.69, 9.17) is 16.3 Å². The molecule has 1 aromatic rings. The van der Waals surface area contributed by atoms with Crippen LogP contribution in [0.2, 0.25) is 5.02 Å². The SMILES string of the molecule is CC1CC(O)C=CC(O)C(O)CC(=O)Cc2c(Cl)c(O)cc(O)c2C(=O)O1. The van der Waals surface area contributed by atoms with Crippen molar-refractivity contribution in [2.45, 2.75) is 50.6 Å². The molecule has 0 aromatic heterocycles. The van der Waals surface area contributed by atoms with Crippen molar-refractivity contribution in [1.82, 2.24) is 0 Å². The highest BCUT2D eigenvalue weighted by Crippen LogP contribution is 2.37. The maximum Gasteiger partial charge on any atom is 0.342 e. The first-order valence-electron chi connectivity index (χ1n) is 8.28. The summed E-state index contributed by atoms with van der Waals surface area (Å²) in [5.41, 5.74) is -0.527. The Morgan fingerprint density at radius 1 is 1.11 bits per heavy atom. The van der Waals surface area contributed by atoms with E-state index in [0.717, 1.165) is 12.1 Å². The van der Waals surface area contributed by atoms with Crippen LogP contribution in [-0.2, 0) is 16.0 Å². The quantitative estimate of drug-likeness (QED) is 0.318. The summed E-state index contributed by atoms with van der Waals surface area (Å²) in [4.78, 5) is 24.7. The second-order valence-corrected chi connectivity index (χ2v) is 6.84. The molecule has 0 amide bonds. The molecular weight excluding hydrogens is 380 g/mol. The Balaban J connectivity index is 2.49. The highest BCUT2D eigenvalue weighted by molar-refractivity contribution is 6.33. The fraction of sp³-hybridized carbons (Fsp3) is 0.444. The van der Waals surface area contributed by atoms with E-state index in [1.54, 1.807) is 0 Å². The number of ether oxygens (including phenoxy) is 1. The van der Waals surface area contributed by atoms with Crippen molar-refractivity contribution in [1.29, 1.82) is 0 Å². The number of halogens is 1. The Morgan fingerprint density at radius 3 is 2.44 bits per heavy atom. The number of ketones is 1. The van der Waals surface area contributed by atoms with Gasteiger partial charge in [0.05, 0.1) is 23.3 Å². The number of phenols is 2. The van der Waals surface area contributed by atoms with Gasteiger partial charge >= 0.3 is 5.97 Å². The van der Waals surface area contributed by atoms with Gasteiger partial charge < -0.3 is 30.3 Å². The molecule has 2 rings (SSSR count). The predicted molar refractivity (Wildman–Crippen MR) is 94.8 cm³/mol. The molecule has 0 radical (unpaired) electrons. The fourth-order valence-corrected chi connectivity index (χ4v) is 3.00. The van der Waals surface area contributed by atoms with Gasteiger partial charge in [-0.15, -0.1) is 0 Å². The topological polar surface area (TPSA) is 145 Å². The maximum absolute atomic E-state index is 12.5. The average Bonchev–Trinajstić information content (AvgIpc) is 2.56. The zero-order chi connectivity index (χ0) is 20.3. The number of aliphatic hydroxyl groups is 3. The Hall–Kier alpha value is -2.13. The van der Waals surface area contributed by atoms with E-state index < -0.39 is 60.5 Å². The van der Waals surface area contributed by atoms with Gasteiger partial charge in [-0.2, -0.15) is 0 Å². The summed E-state index contributed by atoms with van der Waals surface area (Å²) in [6.45, 7) is 1.51. The summed E-state index contributed by atoms with van der Waals surface area (Å²) in [6, 6.07) is 0.858. The zero-order valence-corrected chi connectivity index (χ0v) is 15.3. The Labute approximate surface area is 160 Å². The minimum Gasteiger partial charge on any atom is -0.507 e. The minimum atomic E-state index is -1.44. The summed E-state index contributed by atoms with van der Waals surface area (Å²) in [5, 5.41) is 49.3. The van der Waals surface area contributed by atoms with Gasteiger partial charge in [-0.05, 0) is 6.92 Å². The van der Waals surface area contributed by atoms with Crippen LogP contribution in [0.1, 0.15) is 35.7 Å². The minimum absolute atomic E-state index is 0.00804. The lowest BCUT2D eigenvalue weighted by Gasteiger charge is -2.20. The molecule has 0 saturated heterocycles. The number of esters is 1. The molecule has 0 spiro atoms. The fourth-order valence-electron chi connectivity index (χ4n) is 2.78. The predicted octanol–water partition coefficient (Wildman–Crippen LogP) is 0.841. The lowest BCUT2D eigenvalue weighted by Crippen LogP contribution is -2.29. The first kappa shape index (κ1) is 21.2. The van der Waals surface area contributed by atoms with Crippen molar-refractivity contribution in [3.63, 3.8) is 0 Å². The number of benzene rings is 1. The standard InChI is InChI=1S/C18H21ClO8/c1-8-4-9(20)2-3-12(22)13(23)6-10(21)5-11-16(18(26)27-8)14(24)7-15(25)17(11)19/h2-3,7-9,12-13,20,22-25H,4-6H2,1H3. The van der Waals surface area contributed by atoms with Gasteiger partial charge in [0, 0.05) is 30.9 Å². The van der Waals surface area contributed by atoms with Gasteiger partial charge in [0.1, 0.15) is 28.9 Å². The Bertz CT molecular complexity index is 760. The molecule has 1 aromatic carbocycles. The van der Waals surface area contributed by atoms with Gasteiger partial charge in [-0.25, -0.2) is 4.79 Å².